The molecule has 7 nitrogen and oxygen atoms in total. The average Bonchev–Trinajstić information content (AvgIpc) is 2.99. The van der Waals surface area contributed by atoms with E-state index in [2.05, 4.69) is 4.99 Å². The zero-order valence-electron chi connectivity index (χ0n) is 15.7. The van der Waals surface area contributed by atoms with Crippen molar-refractivity contribution in [3.8, 4) is 5.69 Å². The molecular weight excluding hydrogens is 358 g/mol. The first-order valence-corrected chi connectivity index (χ1v) is 8.57. The van der Waals surface area contributed by atoms with Crippen molar-refractivity contribution in [3.05, 3.63) is 87.2 Å². The first-order valence-electron chi connectivity index (χ1n) is 8.57. The summed E-state index contributed by atoms with van der Waals surface area (Å²) in [6.07, 6.45) is 1.71. The number of non-ortho nitro benzene ring substituents is 1. The number of nitro groups is 1. The molecule has 0 fully saturated rings. The van der Waals surface area contributed by atoms with E-state index in [-0.39, 0.29) is 5.69 Å². The molecule has 28 heavy (non-hydrogen) atoms. The highest BCUT2D eigenvalue weighted by Gasteiger charge is 2.13. The third kappa shape index (κ3) is 3.83. The van der Waals surface area contributed by atoms with Crippen LogP contribution >= 0.6 is 0 Å². The zero-order valence-corrected chi connectivity index (χ0v) is 15.7. The van der Waals surface area contributed by atoms with Gasteiger partial charge in [0.15, 0.2) is 0 Å². The van der Waals surface area contributed by atoms with Crippen molar-refractivity contribution >= 4 is 23.6 Å². The molecule has 0 spiro atoms. The number of nitro benzene ring substituents is 1. The largest absolute Gasteiger partial charge is 0.465 e. The zero-order chi connectivity index (χ0) is 20.3. The van der Waals surface area contributed by atoms with E-state index in [1.165, 1.54) is 13.2 Å². The molecule has 7 heteroatoms. The maximum atomic E-state index is 11.6. The molecule has 0 bridgehead atoms. The van der Waals surface area contributed by atoms with E-state index in [1.54, 1.807) is 42.6 Å². The lowest BCUT2D eigenvalue weighted by molar-refractivity contribution is -0.384. The number of hydrogen-bond acceptors (Lipinski definition) is 5. The maximum absolute atomic E-state index is 11.6. The molecule has 0 aliphatic rings. The molecule has 0 amide bonds. The van der Waals surface area contributed by atoms with Gasteiger partial charge in [0.1, 0.15) is 0 Å². The van der Waals surface area contributed by atoms with Gasteiger partial charge in [0, 0.05) is 35.3 Å². The third-order valence-electron chi connectivity index (χ3n) is 4.39. The van der Waals surface area contributed by atoms with Gasteiger partial charge in [-0.3, -0.25) is 15.1 Å². The van der Waals surface area contributed by atoms with E-state index in [0.29, 0.717) is 11.3 Å². The van der Waals surface area contributed by atoms with Gasteiger partial charge in [-0.05, 0) is 44.2 Å². The molecule has 0 atom stereocenters. The normalized spacial score (nSPS) is 11.0. The highest BCUT2D eigenvalue weighted by molar-refractivity contribution is 5.91. The SMILES string of the molecule is COC(=O)c1cccc(N=Cc2cc(C)n(-c3cccc([N+](=O)[O-])c3)c2C)c1. The van der Waals surface area contributed by atoms with Crippen LogP contribution in [0.2, 0.25) is 0 Å². The number of benzene rings is 2. The number of nitrogens with zero attached hydrogens (tertiary/aromatic N) is 3. The van der Waals surface area contributed by atoms with Crippen molar-refractivity contribution in [2.45, 2.75) is 13.8 Å². The van der Waals surface area contributed by atoms with Gasteiger partial charge in [0.2, 0.25) is 0 Å². The van der Waals surface area contributed by atoms with Gasteiger partial charge in [0.25, 0.3) is 5.69 Å². The van der Waals surface area contributed by atoms with Crippen LogP contribution in [-0.2, 0) is 4.74 Å². The van der Waals surface area contributed by atoms with Crippen molar-refractivity contribution in [2.24, 2.45) is 4.99 Å². The summed E-state index contributed by atoms with van der Waals surface area (Å²) in [4.78, 5) is 26.8. The van der Waals surface area contributed by atoms with Crippen molar-refractivity contribution < 1.29 is 14.5 Å². The summed E-state index contributed by atoms with van der Waals surface area (Å²) in [5.74, 6) is -0.416. The third-order valence-corrected chi connectivity index (χ3v) is 4.39. The number of ether oxygens (including phenoxy) is 1. The van der Waals surface area contributed by atoms with Crippen LogP contribution < -0.4 is 0 Å². The number of aryl methyl sites for hydroxylation is 1. The van der Waals surface area contributed by atoms with Gasteiger partial charge in [-0.1, -0.05) is 12.1 Å². The molecule has 142 valence electrons. The number of aliphatic imine (C=N–C) groups is 1. The Labute approximate surface area is 162 Å². The Morgan fingerprint density at radius 1 is 1.14 bits per heavy atom. The molecule has 0 unspecified atom stereocenters. The number of esters is 1. The summed E-state index contributed by atoms with van der Waals surface area (Å²) in [5.41, 5.74) is 4.54. The highest BCUT2D eigenvalue weighted by atomic mass is 16.6. The molecule has 3 aromatic rings. The fourth-order valence-electron chi connectivity index (χ4n) is 3.04. The predicted octanol–water partition coefficient (Wildman–Crippen LogP) is 4.54. The van der Waals surface area contributed by atoms with Gasteiger partial charge in [0.05, 0.1) is 29.0 Å². The van der Waals surface area contributed by atoms with Gasteiger partial charge in [-0.25, -0.2) is 4.79 Å². The minimum Gasteiger partial charge on any atom is -0.465 e. The number of carbonyl (C=O) groups excluding carboxylic acids is 1. The summed E-state index contributed by atoms with van der Waals surface area (Å²) in [6.45, 7) is 3.86. The average molecular weight is 377 g/mol. The van der Waals surface area contributed by atoms with E-state index < -0.39 is 10.9 Å². The second kappa shape index (κ2) is 7.87. The number of rotatable bonds is 5. The van der Waals surface area contributed by atoms with E-state index >= 15 is 0 Å². The lowest BCUT2D eigenvalue weighted by atomic mass is 10.2. The Balaban J connectivity index is 1.94. The Kier molecular flexibility index (Phi) is 5.35. The lowest BCUT2D eigenvalue weighted by Crippen LogP contribution is -2.00. The minimum atomic E-state index is -0.416. The van der Waals surface area contributed by atoms with E-state index in [9.17, 15) is 14.9 Å². The lowest BCUT2D eigenvalue weighted by Gasteiger charge is -2.09. The number of carbonyl (C=O) groups is 1. The second-order valence-electron chi connectivity index (χ2n) is 6.24. The minimum absolute atomic E-state index is 0.0415. The molecule has 1 aromatic heterocycles. The van der Waals surface area contributed by atoms with Crippen LogP contribution in [0.4, 0.5) is 11.4 Å². The fourth-order valence-corrected chi connectivity index (χ4v) is 3.04. The van der Waals surface area contributed by atoms with Crippen LogP contribution in [0.25, 0.3) is 5.69 Å². The predicted molar refractivity (Wildman–Crippen MR) is 107 cm³/mol. The summed E-state index contributed by atoms with van der Waals surface area (Å²) in [7, 11) is 1.33. The van der Waals surface area contributed by atoms with Crippen molar-refractivity contribution in [1.29, 1.82) is 0 Å². The standard InChI is InChI=1S/C21H19N3O4/c1-14-10-17(13-22-18-7-4-6-16(11-18)21(25)28-3)15(2)23(14)19-8-5-9-20(12-19)24(26)27/h4-13H,1-3H3. The van der Waals surface area contributed by atoms with Gasteiger partial charge >= 0.3 is 5.97 Å². The Morgan fingerprint density at radius 3 is 2.61 bits per heavy atom. The van der Waals surface area contributed by atoms with Crippen molar-refractivity contribution in [2.75, 3.05) is 7.11 Å². The Bertz CT molecular complexity index is 1080. The number of aromatic nitrogens is 1. The summed E-state index contributed by atoms with van der Waals surface area (Å²) in [5, 5.41) is 11.1. The molecular formula is C21H19N3O4. The van der Waals surface area contributed by atoms with Crippen molar-refractivity contribution in [3.63, 3.8) is 0 Å². The van der Waals surface area contributed by atoms with Crippen LogP contribution in [0.15, 0.2) is 59.6 Å². The van der Waals surface area contributed by atoms with Gasteiger partial charge in [-0.15, -0.1) is 0 Å². The molecule has 1 heterocycles. The summed E-state index contributed by atoms with van der Waals surface area (Å²) >= 11 is 0. The van der Waals surface area contributed by atoms with Crippen LogP contribution in [0.3, 0.4) is 0 Å². The van der Waals surface area contributed by atoms with Gasteiger partial charge < -0.3 is 9.30 Å². The molecule has 0 saturated carbocycles. The first-order chi connectivity index (χ1) is 13.4. The molecule has 0 saturated heterocycles. The summed E-state index contributed by atoms with van der Waals surface area (Å²) < 4.78 is 6.67. The number of hydrogen-bond donors (Lipinski definition) is 0. The summed E-state index contributed by atoms with van der Waals surface area (Å²) in [6, 6.07) is 15.3. The Morgan fingerprint density at radius 2 is 1.89 bits per heavy atom. The monoisotopic (exact) mass is 377 g/mol. The van der Waals surface area contributed by atoms with E-state index in [1.807, 2.05) is 30.5 Å². The Hall–Kier alpha value is -3.74. The smallest absolute Gasteiger partial charge is 0.337 e. The molecule has 0 N–H and O–H groups in total. The van der Waals surface area contributed by atoms with Crippen molar-refractivity contribution in [1.82, 2.24) is 4.57 Å². The topological polar surface area (TPSA) is 86.7 Å². The number of methoxy groups -OCH3 is 1. The molecule has 0 aliphatic carbocycles. The van der Waals surface area contributed by atoms with Crippen LogP contribution in [0.5, 0.6) is 0 Å². The van der Waals surface area contributed by atoms with Crippen LogP contribution in [0.1, 0.15) is 27.3 Å². The quantitative estimate of drug-likeness (QED) is 0.283. The van der Waals surface area contributed by atoms with Crippen LogP contribution in [0, 0.1) is 24.0 Å². The first kappa shape index (κ1) is 19.0. The molecule has 2 aromatic carbocycles. The molecule has 3 rings (SSSR count). The highest BCUT2D eigenvalue weighted by Crippen LogP contribution is 2.24. The molecule has 0 radical (unpaired) electrons. The van der Waals surface area contributed by atoms with E-state index in [4.69, 9.17) is 4.74 Å². The molecule has 0 aliphatic heterocycles. The second-order valence-corrected chi connectivity index (χ2v) is 6.24. The van der Waals surface area contributed by atoms with E-state index in [0.717, 1.165) is 22.6 Å². The fraction of sp³-hybridized carbons (Fsp3) is 0.143. The van der Waals surface area contributed by atoms with Gasteiger partial charge in [-0.2, -0.15) is 0 Å². The van der Waals surface area contributed by atoms with Crippen LogP contribution in [-0.4, -0.2) is 28.8 Å². The maximum Gasteiger partial charge on any atom is 0.337 e.